The Bertz CT molecular complexity index is 939. The van der Waals surface area contributed by atoms with Gasteiger partial charge in [-0.2, -0.15) is 0 Å². The quantitative estimate of drug-likeness (QED) is 0.688. The Morgan fingerprint density at radius 1 is 1.00 bits per heavy atom. The number of nitrogens with one attached hydrogen (secondary N) is 1. The van der Waals surface area contributed by atoms with Crippen LogP contribution in [0.4, 0.5) is 5.82 Å². The summed E-state index contributed by atoms with van der Waals surface area (Å²) >= 11 is 1.62. The summed E-state index contributed by atoms with van der Waals surface area (Å²) in [5.41, 5.74) is 1.55. The lowest BCUT2D eigenvalue weighted by atomic mass is 9.78. The van der Waals surface area contributed by atoms with E-state index in [1.807, 2.05) is 5.38 Å². The van der Waals surface area contributed by atoms with Gasteiger partial charge >= 0.3 is 7.12 Å². The van der Waals surface area contributed by atoms with Gasteiger partial charge < -0.3 is 14.6 Å². The Hall–Kier alpha value is -1.96. The molecule has 5 nitrogen and oxygen atoms in total. The smallest absolute Gasteiger partial charge is 0.399 e. The molecule has 1 saturated heterocycles. The number of aromatic nitrogens is 2. The normalized spacial score (nSPS) is 19.4. The highest BCUT2D eigenvalue weighted by atomic mass is 32.1. The van der Waals surface area contributed by atoms with Crippen LogP contribution in [0.3, 0.4) is 0 Å². The van der Waals surface area contributed by atoms with E-state index in [0.29, 0.717) is 0 Å². The molecule has 0 spiro atoms. The number of fused-ring (bicyclic) bond motifs is 1. The molecule has 0 saturated carbocycles. The molecule has 3 aromatic rings. The van der Waals surface area contributed by atoms with Crippen LogP contribution >= 0.6 is 11.3 Å². The van der Waals surface area contributed by atoms with Gasteiger partial charge in [0.2, 0.25) is 0 Å². The van der Waals surface area contributed by atoms with E-state index in [-0.39, 0.29) is 24.4 Å². The van der Waals surface area contributed by atoms with Crippen LogP contribution in [0.25, 0.3) is 10.2 Å². The average Bonchev–Trinajstić information content (AvgIpc) is 3.18. The molecule has 3 heterocycles. The maximum atomic E-state index is 6.13. The molecule has 2 aromatic heterocycles. The third-order valence-corrected chi connectivity index (χ3v) is 6.40. The van der Waals surface area contributed by atoms with Crippen LogP contribution in [0.15, 0.2) is 42.0 Å². The predicted molar refractivity (Wildman–Crippen MR) is 112 cm³/mol. The summed E-state index contributed by atoms with van der Waals surface area (Å²) in [7, 11) is -0.334. The molecule has 1 aliphatic rings. The van der Waals surface area contributed by atoms with E-state index in [9.17, 15) is 0 Å². The van der Waals surface area contributed by atoms with Crippen LogP contribution < -0.4 is 10.8 Å². The summed E-state index contributed by atoms with van der Waals surface area (Å²) in [6, 6.07) is 10.6. The fourth-order valence-corrected chi connectivity index (χ4v) is 3.85. The zero-order chi connectivity index (χ0) is 19.2. The summed E-state index contributed by atoms with van der Waals surface area (Å²) in [5, 5.41) is 6.59. The molecule has 0 amide bonds. The van der Waals surface area contributed by atoms with Gasteiger partial charge in [-0.15, -0.1) is 11.3 Å². The van der Waals surface area contributed by atoms with Gasteiger partial charge in [0.1, 0.15) is 17.0 Å². The molecule has 0 bridgehead atoms. The standard InChI is InChI=1S/C20H24BN3O2S/c1-13(24-17-16-10-11-27-18(16)23-12-22-17)14-6-8-15(9-7-14)21-25-19(2,3)20(4,5)26-21/h6-13H,1-5H3,(H,22,23,24)/t13-/m0/s1. The van der Waals surface area contributed by atoms with E-state index in [1.54, 1.807) is 17.7 Å². The number of benzene rings is 1. The minimum absolute atomic E-state index is 0.121. The van der Waals surface area contributed by atoms with Crippen molar-refractivity contribution < 1.29 is 9.31 Å². The van der Waals surface area contributed by atoms with Crippen molar-refractivity contribution in [1.82, 2.24) is 9.97 Å². The molecular weight excluding hydrogens is 357 g/mol. The molecule has 7 heteroatoms. The fourth-order valence-electron chi connectivity index (χ4n) is 3.11. The van der Waals surface area contributed by atoms with Crippen molar-refractivity contribution in [2.75, 3.05) is 5.32 Å². The predicted octanol–water partition coefficient (Wildman–Crippen LogP) is 4.16. The first-order chi connectivity index (χ1) is 12.8. The summed E-state index contributed by atoms with van der Waals surface area (Å²) in [6.07, 6.45) is 1.61. The monoisotopic (exact) mass is 381 g/mol. The molecule has 0 unspecified atom stereocenters. The van der Waals surface area contributed by atoms with Gasteiger partial charge in [0.15, 0.2) is 0 Å². The van der Waals surface area contributed by atoms with Gasteiger partial charge in [0, 0.05) is 6.04 Å². The molecule has 1 fully saturated rings. The summed E-state index contributed by atoms with van der Waals surface area (Å²) < 4.78 is 12.3. The van der Waals surface area contributed by atoms with Gasteiger partial charge in [-0.1, -0.05) is 24.3 Å². The topological polar surface area (TPSA) is 56.3 Å². The Kier molecular flexibility index (Phi) is 4.49. The number of nitrogens with zero attached hydrogens (tertiary/aromatic N) is 2. The lowest BCUT2D eigenvalue weighted by Gasteiger charge is -2.32. The molecular formula is C20H24BN3O2S. The molecule has 140 valence electrons. The van der Waals surface area contributed by atoms with E-state index in [2.05, 4.69) is 80.2 Å². The maximum absolute atomic E-state index is 6.13. The molecule has 1 aromatic carbocycles. The van der Waals surface area contributed by atoms with Crippen molar-refractivity contribution in [2.24, 2.45) is 0 Å². The Morgan fingerprint density at radius 2 is 1.67 bits per heavy atom. The maximum Gasteiger partial charge on any atom is 0.494 e. The van der Waals surface area contributed by atoms with Gasteiger partial charge in [-0.25, -0.2) is 9.97 Å². The molecule has 0 aliphatic carbocycles. The molecule has 0 radical (unpaired) electrons. The highest BCUT2D eigenvalue weighted by Gasteiger charge is 2.51. The third-order valence-electron chi connectivity index (χ3n) is 5.58. The van der Waals surface area contributed by atoms with Crippen molar-refractivity contribution >= 4 is 40.0 Å². The Labute approximate surface area is 164 Å². The SMILES string of the molecule is C[C@H](Nc1ncnc2sccc12)c1ccc(B2OC(C)(C)C(C)(C)O2)cc1. The van der Waals surface area contributed by atoms with Crippen molar-refractivity contribution in [1.29, 1.82) is 0 Å². The van der Waals surface area contributed by atoms with Crippen LogP contribution in [-0.2, 0) is 9.31 Å². The second kappa shape index (κ2) is 6.58. The van der Waals surface area contributed by atoms with Crippen molar-refractivity contribution in [3.63, 3.8) is 0 Å². The minimum atomic E-state index is -0.334. The zero-order valence-corrected chi connectivity index (χ0v) is 17.1. The minimum Gasteiger partial charge on any atom is -0.399 e. The highest BCUT2D eigenvalue weighted by molar-refractivity contribution is 7.16. The Morgan fingerprint density at radius 3 is 2.33 bits per heavy atom. The number of anilines is 1. The van der Waals surface area contributed by atoms with Crippen molar-refractivity contribution in [2.45, 2.75) is 51.9 Å². The van der Waals surface area contributed by atoms with E-state index in [0.717, 1.165) is 21.5 Å². The second-order valence-electron chi connectivity index (χ2n) is 7.98. The van der Waals surface area contributed by atoms with Crippen LogP contribution in [0.1, 0.15) is 46.2 Å². The van der Waals surface area contributed by atoms with Gasteiger partial charge in [0.25, 0.3) is 0 Å². The first-order valence-electron chi connectivity index (χ1n) is 9.17. The van der Waals surface area contributed by atoms with Gasteiger partial charge in [-0.05, 0) is 57.1 Å². The second-order valence-corrected chi connectivity index (χ2v) is 8.88. The summed E-state index contributed by atoms with van der Waals surface area (Å²) in [5.74, 6) is 0.865. The zero-order valence-electron chi connectivity index (χ0n) is 16.3. The van der Waals surface area contributed by atoms with Crippen molar-refractivity contribution in [3.05, 3.63) is 47.6 Å². The molecule has 1 N–H and O–H groups in total. The number of hydrogen-bond acceptors (Lipinski definition) is 6. The Balaban J connectivity index is 1.50. The van der Waals surface area contributed by atoms with Gasteiger partial charge in [-0.3, -0.25) is 0 Å². The van der Waals surface area contributed by atoms with Crippen LogP contribution in [0.2, 0.25) is 0 Å². The lowest BCUT2D eigenvalue weighted by molar-refractivity contribution is 0.00578. The van der Waals surface area contributed by atoms with Crippen LogP contribution in [-0.4, -0.2) is 28.3 Å². The number of hydrogen-bond donors (Lipinski definition) is 1. The van der Waals surface area contributed by atoms with Gasteiger partial charge in [0.05, 0.1) is 16.6 Å². The molecule has 1 atom stereocenters. The van der Waals surface area contributed by atoms with E-state index < -0.39 is 0 Å². The molecule has 27 heavy (non-hydrogen) atoms. The first kappa shape index (κ1) is 18.4. The third kappa shape index (κ3) is 3.35. The van der Waals surface area contributed by atoms with Crippen molar-refractivity contribution in [3.8, 4) is 0 Å². The number of rotatable bonds is 4. The summed E-state index contributed by atoms with van der Waals surface area (Å²) in [4.78, 5) is 9.70. The lowest BCUT2D eigenvalue weighted by Crippen LogP contribution is -2.41. The highest BCUT2D eigenvalue weighted by Crippen LogP contribution is 2.36. The van der Waals surface area contributed by atoms with Crippen LogP contribution in [0.5, 0.6) is 0 Å². The van der Waals surface area contributed by atoms with Crippen LogP contribution in [0, 0.1) is 0 Å². The fraction of sp³-hybridized carbons (Fsp3) is 0.400. The molecule has 4 rings (SSSR count). The van der Waals surface area contributed by atoms with E-state index in [4.69, 9.17) is 9.31 Å². The first-order valence-corrected chi connectivity index (χ1v) is 10.0. The molecule has 1 aliphatic heterocycles. The largest absolute Gasteiger partial charge is 0.494 e. The van der Waals surface area contributed by atoms with E-state index in [1.165, 1.54) is 5.56 Å². The average molecular weight is 381 g/mol. The summed E-state index contributed by atoms with van der Waals surface area (Å²) in [6.45, 7) is 10.4. The number of thiophene rings is 1. The van der Waals surface area contributed by atoms with E-state index >= 15 is 0 Å².